The molecule has 0 aliphatic heterocycles. The molecule has 1 aromatic carbocycles. The minimum Gasteiger partial charge on any atom is -0.334 e. The van der Waals surface area contributed by atoms with Crippen LogP contribution in [0.3, 0.4) is 0 Å². The molecule has 0 atom stereocenters. The molecule has 0 aliphatic rings. The van der Waals surface area contributed by atoms with Crippen molar-refractivity contribution >= 4 is 12.2 Å². The quantitative estimate of drug-likeness (QED) is 0.772. The fraction of sp³-hybridized carbons (Fsp3) is 0.429. The molecule has 18 heavy (non-hydrogen) atoms. The molecule has 0 fully saturated rings. The minimum atomic E-state index is -0.519. The summed E-state index contributed by atoms with van der Waals surface area (Å²) in [5.74, 6) is -0.767. The zero-order valence-electron chi connectivity index (χ0n) is 11.1. The highest BCUT2D eigenvalue weighted by molar-refractivity contribution is 6.01. The Morgan fingerprint density at radius 3 is 2.22 bits per heavy atom. The van der Waals surface area contributed by atoms with Crippen LogP contribution in [-0.2, 0) is 0 Å². The van der Waals surface area contributed by atoms with Gasteiger partial charge < -0.3 is 4.90 Å². The first kappa shape index (κ1) is 14.4. The number of benzene rings is 1. The van der Waals surface area contributed by atoms with Gasteiger partial charge in [-0.3, -0.25) is 9.59 Å². The summed E-state index contributed by atoms with van der Waals surface area (Å²) in [7, 11) is 0. The maximum absolute atomic E-state index is 13.0. The molecule has 0 aliphatic carbocycles. The number of nitrogens with zero attached hydrogens (tertiary/aromatic N) is 1. The van der Waals surface area contributed by atoms with Crippen LogP contribution >= 0.6 is 0 Å². The monoisotopic (exact) mass is 251 g/mol. The Labute approximate surface area is 107 Å². The second-order valence-electron chi connectivity index (χ2n) is 4.75. The molecule has 98 valence electrons. The van der Waals surface area contributed by atoms with Crippen LogP contribution in [0.15, 0.2) is 18.2 Å². The van der Waals surface area contributed by atoms with E-state index in [1.165, 1.54) is 12.1 Å². The van der Waals surface area contributed by atoms with E-state index in [-0.39, 0.29) is 29.1 Å². The molecule has 0 bridgehead atoms. The van der Waals surface area contributed by atoms with Crippen LogP contribution < -0.4 is 0 Å². The van der Waals surface area contributed by atoms with E-state index in [2.05, 4.69) is 0 Å². The lowest BCUT2D eigenvalue weighted by Gasteiger charge is -2.31. The lowest BCUT2D eigenvalue weighted by atomic mass is 10.1. The molecule has 0 saturated heterocycles. The Bertz CT molecular complexity index is 447. The number of carbonyl (C=O) groups is 2. The van der Waals surface area contributed by atoms with Crippen molar-refractivity contribution in [2.75, 3.05) is 0 Å². The number of rotatable bonds is 4. The van der Waals surface area contributed by atoms with Gasteiger partial charge in [-0.25, -0.2) is 4.39 Å². The van der Waals surface area contributed by atoms with E-state index in [4.69, 9.17) is 0 Å². The molecule has 0 unspecified atom stereocenters. The topological polar surface area (TPSA) is 37.4 Å². The first-order valence-corrected chi connectivity index (χ1v) is 5.95. The summed E-state index contributed by atoms with van der Waals surface area (Å²) in [6, 6.07) is 3.67. The van der Waals surface area contributed by atoms with Crippen LogP contribution in [0.2, 0.25) is 0 Å². The fourth-order valence-electron chi connectivity index (χ4n) is 2.03. The van der Waals surface area contributed by atoms with Crippen LogP contribution in [-0.4, -0.2) is 29.2 Å². The molecule has 0 aromatic heterocycles. The van der Waals surface area contributed by atoms with Crippen LogP contribution in [0.4, 0.5) is 4.39 Å². The summed E-state index contributed by atoms with van der Waals surface area (Å²) in [5.41, 5.74) is 0.333. The van der Waals surface area contributed by atoms with E-state index >= 15 is 0 Å². The fourth-order valence-corrected chi connectivity index (χ4v) is 2.03. The highest BCUT2D eigenvalue weighted by Gasteiger charge is 2.23. The lowest BCUT2D eigenvalue weighted by molar-refractivity contribution is 0.0641. The van der Waals surface area contributed by atoms with Gasteiger partial charge in [-0.05, 0) is 45.9 Å². The molecule has 4 heteroatoms. The molecule has 0 radical (unpaired) electrons. The normalized spacial score (nSPS) is 10.8. The van der Waals surface area contributed by atoms with E-state index in [1.54, 1.807) is 4.90 Å². The molecule has 1 rings (SSSR count). The second-order valence-corrected chi connectivity index (χ2v) is 4.75. The van der Waals surface area contributed by atoms with Crippen molar-refractivity contribution in [3.8, 4) is 0 Å². The van der Waals surface area contributed by atoms with Crippen molar-refractivity contribution in [3.63, 3.8) is 0 Å². The van der Waals surface area contributed by atoms with Crippen molar-refractivity contribution in [3.05, 3.63) is 35.1 Å². The van der Waals surface area contributed by atoms with E-state index in [0.29, 0.717) is 6.29 Å². The van der Waals surface area contributed by atoms with Crippen molar-refractivity contribution in [1.82, 2.24) is 4.90 Å². The molecule has 0 heterocycles. The summed E-state index contributed by atoms with van der Waals surface area (Å²) in [4.78, 5) is 24.9. The number of hydrogen-bond donors (Lipinski definition) is 0. The van der Waals surface area contributed by atoms with Gasteiger partial charge >= 0.3 is 0 Å². The van der Waals surface area contributed by atoms with Gasteiger partial charge in [0.15, 0.2) is 6.29 Å². The average Bonchev–Trinajstić information content (AvgIpc) is 2.27. The third kappa shape index (κ3) is 2.94. The van der Waals surface area contributed by atoms with E-state index in [1.807, 2.05) is 27.7 Å². The third-order valence-corrected chi connectivity index (χ3v) is 2.72. The van der Waals surface area contributed by atoms with Gasteiger partial charge in [-0.1, -0.05) is 0 Å². The van der Waals surface area contributed by atoms with Gasteiger partial charge in [0, 0.05) is 17.6 Å². The van der Waals surface area contributed by atoms with Crippen molar-refractivity contribution in [2.24, 2.45) is 0 Å². The SMILES string of the molecule is CC(C)N(C(=O)c1ccc(F)cc1C=O)C(C)C. The van der Waals surface area contributed by atoms with E-state index < -0.39 is 5.82 Å². The van der Waals surface area contributed by atoms with Crippen LogP contribution in [0.5, 0.6) is 0 Å². The summed E-state index contributed by atoms with van der Waals surface area (Å²) >= 11 is 0. The standard InChI is InChI=1S/C14H18FNO2/c1-9(2)16(10(3)4)14(18)13-6-5-12(15)7-11(13)8-17/h5-10H,1-4H3. The smallest absolute Gasteiger partial charge is 0.255 e. The highest BCUT2D eigenvalue weighted by Crippen LogP contribution is 2.16. The van der Waals surface area contributed by atoms with E-state index in [0.717, 1.165) is 6.07 Å². The molecular formula is C14H18FNO2. The average molecular weight is 251 g/mol. The molecule has 0 N–H and O–H groups in total. The summed E-state index contributed by atoms with van der Waals surface area (Å²) in [5, 5.41) is 0. The van der Waals surface area contributed by atoms with Gasteiger partial charge in [-0.2, -0.15) is 0 Å². The zero-order chi connectivity index (χ0) is 13.9. The highest BCUT2D eigenvalue weighted by atomic mass is 19.1. The summed E-state index contributed by atoms with van der Waals surface area (Å²) in [6.45, 7) is 7.62. The first-order valence-electron chi connectivity index (χ1n) is 5.95. The molecule has 1 aromatic rings. The van der Waals surface area contributed by atoms with Crippen LogP contribution in [0, 0.1) is 5.82 Å². The summed E-state index contributed by atoms with van der Waals surface area (Å²) in [6.07, 6.45) is 0.509. The Hall–Kier alpha value is -1.71. The molecular weight excluding hydrogens is 233 g/mol. The Morgan fingerprint density at radius 1 is 1.22 bits per heavy atom. The van der Waals surface area contributed by atoms with Crippen molar-refractivity contribution in [1.29, 1.82) is 0 Å². The Balaban J connectivity index is 3.20. The first-order chi connectivity index (χ1) is 8.38. The Morgan fingerprint density at radius 2 is 1.78 bits per heavy atom. The number of hydrogen-bond acceptors (Lipinski definition) is 2. The Kier molecular flexibility index (Phi) is 4.59. The number of carbonyl (C=O) groups excluding carboxylic acids is 2. The molecule has 0 spiro atoms. The lowest BCUT2D eigenvalue weighted by Crippen LogP contribution is -2.42. The summed E-state index contributed by atoms with van der Waals surface area (Å²) < 4.78 is 13.0. The predicted octanol–water partition coefficient (Wildman–Crippen LogP) is 2.90. The van der Waals surface area contributed by atoms with Crippen molar-refractivity contribution < 1.29 is 14.0 Å². The zero-order valence-corrected chi connectivity index (χ0v) is 11.1. The maximum Gasteiger partial charge on any atom is 0.255 e. The number of amides is 1. The van der Waals surface area contributed by atoms with Gasteiger partial charge in [-0.15, -0.1) is 0 Å². The molecule has 3 nitrogen and oxygen atoms in total. The van der Waals surface area contributed by atoms with Crippen LogP contribution in [0.25, 0.3) is 0 Å². The largest absolute Gasteiger partial charge is 0.334 e. The van der Waals surface area contributed by atoms with Gasteiger partial charge in [0.25, 0.3) is 5.91 Å². The van der Waals surface area contributed by atoms with Gasteiger partial charge in [0.2, 0.25) is 0 Å². The van der Waals surface area contributed by atoms with E-state index in [9.17, 15) is 14.0 Å². The maximum atomic E-state index is 13.0. The number of aldehydes is 1. The van der Waals surface area contributed by atoms with Crippen LogP contribution in [0.1, 0.15) is 48.4 Å². The second kappa shape index (κ2) is 5.76. The predicted molar refractivity (Wildman–Crippen MR) is 68.2 cm³/mol. The van der Waals surface area contributed by atoms with Gasteiger partial charge in [0.1, 0.15) is 5.82 Å². The minimum absolute atomic E-state index is 0.0158. The van der Waals surface area contributed by atoms with Gasteiger partial charge in [0.05, 0.1) is 5.56 Å². The third-order valence-electron chi connectivity index (χ3n) is 2.72. The number of halogens is 1. The molecule has 1 amide bonds. The molecule has 0 saturated carbocycles. The van der Waals surface area contributed by atoms with Crippen molar-refractivity contribution in [2.45, 2.75) is 39.8 Å².